The third kappa shape index (κ3) is 1.74. The molecule has 0 aromatic heterocycles. The lowest BCUT2D eigenvalue weighted by atomic mass is 9.49. The molecule has 4 fully saturated rings. The first-order valence-corrected chi connectivity index (χ1v) is 10.7. The second kappa shape index (κ2) is 4.97. The summed E-state index contributed by atoms with van der Waals surface area (Å²) in [5.74, 6) is 5.84. The van der Waals surface area contributed by atoms with Gasteiger partial charge in [-0.3, -0.25) is 4.79 Å². The molecule has 0 N–H and O–H groups in total. The van der Waals surface area contributed by atoms with Gasteiger partial charge in [0.1, 0.15) is 5.60 Å². The Morgan fingerprint density at radius 1 is 1.15 bits per heavy atom. The van der Waals surface area contributed by atoms with Gasteiger partial charge in [-0.2, -0.15) is 0 Å². The highest BCUT2D eigenvalue weighted by Crippen LogP contribution is 2.78. The highest BCUT2D eigenvalue weighted by atomic mass is 16.6. The standard InChI is InChI=1S/C23H30O3/c1-22-9-7-16-15-6-4-14(25-2)11-13(15)3-5-17(16)21(22)18-12-19(18)23(22)10-8-20(24)26-23/h3,11,15-19,21H,4-10,12H2,1-2H3/t15?,16?,17?,18?,19?,21?,22-,23-/m0/s1. The Balaban J connectivity index is 1.36. The molecule has 8 atom stereocenters. The molecule has 1 heterocycles. The van der Waals surface area contributed by atoms with Crippen molar-refractivity contribution in [1.29, 1.82) is 0 Å². The number of fused-ring (bicyclic) bond motifs is 9. The van der Waals surface area contributed by atoms with Gasteiger partial charge in [0.2, 0.25) is 0 Å². The first kappa shape index (κ1) is 15.8. The van der Waals surface area contributed by atoms with E-state index in [9.17, 15) is 4.79 Å². The van der Waals surface area contributed by atoms with E-state index < -0.39 is 0 Å². The zero-order chi connectivity index (χ0) is 17.7. The van der Waals surface area contributed by atoms with Crippen molar-refractivity contribution < 1.29 is 14.3 Å². The van der Waals surface area contributed by atoms with E-state index in [0.29, 0.717) is 12.3 Å². The summed E-state index contributed by atoms with van der Waals surface area (Å²) in [6.07, 6.45) is 13.9. The van der Waals surface area contributed by atoms with Gasteiger partial charge in [-0.15, -0.1) is 0 Å². The van der Waals surface area contributed by atoms with Gasteiger partial charge in [-0.05, 0) is 79.8 Å². The zero-order valence-corrected chi connectivity index (χ0v) is 16.0. The van der Waals surface area contributed by atoms with Crippen molar-refractivity contribution in [2.45, 2.75) is 63.9 Å². The van der Waals surface area contributed by atoms with E-state index in [4.69, 9.17) is 9.47 Å². The zero-order valence-electron chi connectivity index (χ0n) is 16.0. The highest BCUT2D eigenvalue weighted by molar-refractivity contribution is 5.73. The number of rotatable bonds is 1. The predicted octanol–water partition coefficient (Wildman–Crippen LogP) is 4.63. The molecule has 0 aromatic rings. The molecule has 1 saturated heterocycles. The summed E-state index contributed by atoms with van der Waals surface area (Å²) in [5, 5.41) is 0. The molecule has 3 heteroatoms. The molecule has 6 rings (SSSR count). The van der Waals surface area contributed by atoms with Crippen LogP contribution in [0.4, 0.5) is 0 Å². The van der Waals surface area contributed by atoms with E-state index in [-0.39, 0.29) is 17.0 Å². The molecule has 5 aliphatic carbocycles. The Morgan fingerprint density at radius 3 is 2.81 bits per heavy atom. The van der Waals surface area contributed by atoms with E-state index in [1.165, 1.54) is 32.1 Å². The monoisotopic (exact) mass is 354 g/mol. The molecule has 26 heavy (non-hydrogen) atoms. The molecule has 1 spiro atoms. The van der Waals surface area contributed by atoms with Crippen LogP contribution in [0.3, 0.4) is 0 Å². The Hall–Kier alpha value is -1.25. The maximum atomic E-state index is 12.1. The fourth-order valence-electron chi connectivity index (χ4n) is 8.45. The van der Waals surface area contributed by atoms with Crippen LogP contribution in [0.5, 0.6) is 0 Å². The summed E-state index contributed by atoms with van der Waals surface area (Å²) in [4.78, 5) is 12.1. The van der Waals surface area contributed by atoms with Crippen LogP contribution in [0.1, 0.15) is 58.3 Å². The van der Waals surface area contributed by atoms with Crippen LogP contribution in [0.15, 0.2) is 23.5 Å². The van der Waals surface area contributed by atoms with Gasteiger partial charge in [-0.1, -0.05) is 13.0 Å². The Labute approximate surface area is 156 Å². The average Bonchev–Trinajstić information content (AvgIpc) is 3.29. The summed E-state index contributed by atoms with van der Waals surface area (Å²) < 4.78 is 11.7. The Bertz CT molecular complexity index is 736. The number of hydrogen-bond donors (Lipinski definition) is 0. The van der Waals surface area contributed by atoms with Crippen LogP contribution >= 0.6 is 0 Å². The minimum Gasteiger partial charge on any atom is -0.501 e. The smallest absolute Gasteiger partial charge is 0.306 e. The van der Waals surface area contributed by atoms with Crippen molar-refractivity contribution in [3.63, 3.8) is 0 Å². The van der Waals surface area contributed by atoms with Crippen LogP contribution in [-0.2, 0) is 14.3 Å². The molecule has 0 bridgehead atoms. The number of hydrogen-bond acceptors (Lipinski definition) is 3. The predicted molar refractivity (Wildman–Crippen MR) is 98.0 cm³/mol. The number of ether oxygens (including phenoxy) is 2. The third-order valence-corrected chi connectivity index (χ3v) is 9.47. The van der Waals surface area contributed by atoms with E-state index in [1.807, 2.05) is 0 Å². The lowest BCUT2D eigenvalue weighted by molar-refractivity contribution is -0.173. The van der Waals surface area contributed by atoms with E-state index >= 15 is 0 Å². The molecule has 6 unspecified atom stereocenters. The Kier molecular flexibility index (Phi) is 3.01. The molecule has 1 aliphatic heterocycles. The van der Waals surface area contributed by atoms with Crippen LogP contribution in [0.2, 0.25) is 0 Å². The van der Waals surface area contributed by atoms with Crippen molar-refractivity contribution in [2.24, 2.45) is 40.9 Å². The van der Waals surface area contributed by atoms with Crippen molar-refractivity contribution in [1.82, 2.24) is 0 Å². The van der Waals surface area contributed by atoms with Crippen molar-refractivity contribution >= 4 is 5.97 Å². The molecule has 3 nitrogen and oxygen atoms in total. The number of carbonyl (C=O) groups is 1. The SMILES string of the molecule is COC1=CC2=CCC3C(CC[C@@]4(C)C3C3CC3[C@@]43CCC(=O)O3)C2CC1. The molecular formula is C23H30O3. The van der Waals surface area contributed by atoms with E-state index in [0.717, 1.165) is 48.2 Å². The quantitative estimate of drug-likeness (QED) is 0.644. The molecular weight excluding hydrogens is 324 g/mol. The third-order valence-electron chi connectivity index (χ3n) is 9.47. The highest BCUT2D eigenvalue weighted by Gasteiger charge is 2.78. The largest absolute Gasteiger partial charge is 0.501 e. The fourth-order valence-corrected chi connectivity index (χ4v) is 8.45. The molecule has 0 aromatic carbocycles. The molecule has 140 valence electrons. The van der Waals surface area contributed by atoms with Crippen molar-refractivity contribution in [3.05, 3.63) is 23.5 Å². The number of esters is 1. The number of carbonyl (C=O) groups excluding carboxylic acids is 1. The average molecular weight is 354 g/mol. The molecule has 0 amide bonds. The van der Waals surface area contributed by atoms with Gasteiger partial charge in [-0.25, -0.2) is 0 Å². The molecule has 3 saturated carbocycles. The first-order valence-electron chi connectivity index (χ1n) is 10.7. The second-order valence-corrected chi connectivity index (χ2v) is 10.1. The van der Waals surface area contributed by atoms with Crippen LogP contribution in [-0.4, -0.2) is 18.7 Å². The van der Waals surface area contributed by atoms with Gasteiger partial charge >= 0.3 is 5.97 Å². The molecule has 0 radical (unpaired) electrons. The lowest BCUT2D eigenvalue weighted by Gasteiger charge is -2.56. The fraction of sp³-hybridized carbons (Fsp3) is 0.783. The summed E-state index contributed by atoms with van der Waals surface area (Å²) >= 11 is 0. The van der Waals surface area contributed by atoms with Gasteiger partial charge in [0.15, 0.2) is 0 Å². The first-order chi connectivity index (χ1) is 12.6. The van der Waals surface area contributed by atoms with Crippen molar-refractivity contribution in [2.75, 3.05) is 7.11 Å². The lowest BCUT2D eigenvalue weighted by Crippen LogP contribution is -2.54. The molecule has 6 aliphatic rings. The topological polar surface area (TPSA) is 35.5 Å². The minimum atomic E-state index is -0.107. The summed E-state index contributed by atoms with van der Waals surface area (Å²) in [6.45, 7) is 2.49. The summed E-state index contributed by atoms with van der Waals surface area (Å²) in [7, 11) is 1.80. The van der Waals surface area contributed by atoms with Gasteiger partial charge in [0.05, 0.1) is 12.9 Å². The minimum absolute atomic E-state index is 0.0648. The van der Waals surface area contributed by atoms with Crippen LogP contribution in [0.25, 0.3) is 0 Å². The summed E-state index contributed by atoms with van der Waals surface area (Å²) in [6, 6.07) is 0. The van der Waals surface area contributed by atoms with Crippen molar-refractivity contribution in [3.8, 4) is 0 Å². The van der Waals surface area contributed by atoms with Gasteiger partial charge in [0.25, 0.3) is 0 Å². The van der Waals surface area contributed by atoms with Gasteiger partial charge in [0, 0.05) is 24.2 Å². The maximum Gasteiger partial charge on any atom is 0.306 e. The Morgan fingerprint density at radius 2 is 2.04 bits per heavy atom. The van der Waals surface area contributed by atoms with Crippen LogP contribution in [0, 0.1) is 40.9 Å². The second-order valence-electron chi connectivity index (χ2n) is 10.1. The van der Waals surface area contributed by atoms with Crippen LogP contribution < -0.4 is 0 Å². The number of methoxy groups -OCH3 is 1. The number of allylic oxidation sites excluding steroid dienone is 4. The normalized spacial score (nSPS) is 53.7. The summed E-state index contributed by atoms with van der Waals surface area (Å²) in [5.41, 5.74) is 1.66. The van der Waals surface area contributed by atoms with E-state index in [1.54, 1.807) is 12.7 Å². The maximum absolute atomic E-state index is 12.1. The van der Waals surface area contributed by atoms with Gasteiger partial charge < -0.3 is 9.47 Å². The van der Waals surface area contributed by atoms with E-state index in [2.05, 4.69) is 19.1 Å².